The zero-order valence-electron chi connectivity index (χ0n) is 10.9. The Morgan fingerprint density at radius 1 is 1.37 bits per heavy atom. The predicted molar refractivity (Wildman–Crippen MR) is 73.2 cm³/mol. The van der Waals surface area contributed by atoms with Gasteiger partial charge in [0, 0.05) is 6.07 Å². The van der Waals surface area contributed by atoms with Gasteiger partial charge in [0.05, 0.1) is 18.1 Å². The second-order valence-corrected chi connectivity index (χ2v) is 4.20. The van der Waals surface area contributed by atoms with Crippen LogP contribution in [0.15, 0.2) is 30.9 Å². The van der Waals surface area contributed by atoms with Crippen LogP contribution in [0.4, 0.5) is 5.69 Å². The number of unbranched alkanes of at least 4 members (excludes halogenated alkanes) is 3. The highest BCUT2D eigenvalue weighted by atomic mass is 16.6. The largest absolute Gasteiger partial charge is 0.487 e. The maximum atomic E-state index is 10.9. The average Bonchev–Trinajstić information content (AvgIpc) is 2.42. The third kappa shape index (κ3) is 5.09. The standard InChI is InChI=1S/C14H19NO4/c1-2-3-4-5-6-9-19-14-8-7-12(11-16)10-13(14)15(17)18/h2,7-8,10,16H,1,3-6,9,11H2. The van der Waals surface area contributed by atoms with Crippen LogP contribution < -0.4 is 4.74 Å². The highest BCUT2D eigenvalue weighted by molar-refractivity contribution is 5.48. The molecular weight excluding hydrogens is 246 g/mol. The molecule has 0 aliphatic rings. The lowest BCUT2D eigenvalue weighted by molar-refractivity contribution is -0.386. The molecule has 0 heterocycles. The number of benzene rings is 1. The first kappa shape index (κ1) is 15.2. The van der Waals surface area contributed by atoms with Crippen LogP contribution >= 0.6 is 0 Å². The zero-order valence-corrected chi connectivity index (χ0v) is 10.9. The van der Waals surface area contributed by atoms with Crippen LogP contribution in [0.25, 0.3) is 0 Å². The van der Waals surface area contributed by atoms with Gasteiger partial charge >= 0.3 is 5.69 Å². The van der Waals surface area contributed by atoms with Gasteiger partial charge in [-0.1, -0.05) is 12.1 Å². The molecular formula is C14H19NO4. The van der Waals surface area contributed by atoms with Gasteiger partial charge in [-0.15, -0.1) is 6.58 Å². The summed E-state index contributed by atoms with van der Waals surface area (Å²) in [4.78, 5) is 10.4. The molecule has 0 aliphatic carbocycles. The minimum Gasteiger partial charge on any atom is -0.487 e. The van der Waals surface area contributed by atoms with Gasteiger partial charge in [-0.3, -0.25) is 10.1 Å². The van der Waals surface area contributed by atoms with Crippen LogP contribution in [0.3, 0.4) is 0 Å². The molecule has 19 heavy (non-hydrogen) atoms. The molecule has 1 rings (SSSR count). The maximum absolute atomic E-state index is 10.9. The van der Waals surface area contributed by atoms with Crippen LogP contribution in [0.5, 0.6) is 5.75 Å². The monoisotopic (exact) mass is 265 g/mol. The van der Waals surface area contributed by atoms with Crippen LogP contribution in [0.2, 0.25) is 0 Å². The molecule has 5 nitrogen and oxygen atoms in total. The molecule has 0 spiro atoms. The van der Waals surface area contributed by atoms with Crippen molar-refractivity contribution in [3.63, 3.8) is 0 Å². The third-order valence-corrected chi connectivity index (χ3v) is 2.71. The number of nitrogens with zero attached hydrogens (tertiary/aromatic N) is 1. The van der Waals surface area contributed by atoms with Crippen molar-refractivity contribution in [2.24, 2.45) is 0 Å². The van der Waals surface area contributed by atoms with Crippen molar-refractivity contribution in [3.05, 3.63) is 46.5 Å². The summed E-state index contributed by atoms with van der Waals surface area (Å²) in [5, 5.41) is 19.9. The van der Waals surface area contributed by atoms with Gasteiger partial charge in [-0.25, -0.2) is 0 Å². The molecule has 1 aromatic carbocycles. The molecule has 0 unspecified atom stereocenters. The molecule has 5 heteroatoms. The van der Waals surface area contributed by atoms with Crippen molar-refractivity contribution in [2.75, 3.05) is 6.61 Å². The molecule has 0 fully saturated rings. The second-order valence-electron chi connectivity index (χ2n) is 4.20. The van der Waals surface area contributed by atoms with E-state index in [0.29, 0.717) is 12.2 Å². The molecule has 0 aromatic heterocycles. The Kier molecular flexibility index (Phi) is 6.60. The van der Waals surface area contributed by atoms with E-state index in [1.807, 2.05) is 6.08 Å². The minimum absolute atomic E-state index is 0.0994. The Labute approximate surface area is 112 Å². The fourth-order valence-corrected chi connectivity index (χ4v) is 1.68. The lowest BCUT2D eigenvalue weighted by Crippen LogP contribution is -2.01. The SMILES string of the molecule is C=CCCCCCOc1ccc(CO)cc1[N+](=O)[O-]. The molecule has 0 aliphatic heterocycles. The minimum atomic E-state index is -0.494. The quantitative estimate of drug-likeness (QED) is 0.322. The first-order valence-corrected chi connectivity index (χ1v) is 6.31. The number of ether oxygens (including phenoxy) is 1. The third-order valence-electron chi connectivity index (χ3n) is 2.71. The maximum Gasteiger partial charge on any atom is 0.311 e. The normalized spacial score (nSPS) is 10.2. The Balaban J connectivity index is 2.52. The van der Waals surface area contributed by atoms with Crippen LogP contribution in [0.1, 0.15) is 31.2 Å². The van der Waals surface area contributed by atoms with E-state index < -0.39 is 4.92 Å². The molecule has 0 amide bonds. The van der Waals surface area contributed by atoms with Gasteiger partial charge in [0.15, 0.2) is 5.75 Å². The van der Waals surface area contributed by atoms with Crippen LogP contribution in [-0.4, -0.2) is 16.6 Å². The molecule has 1 aromatic rings. The van der Waals surface area contributed by atoms with E-state index in [1.165, 1.54) is 12.1 Å². The van der Waals surface area contributed by atoms with E-state index >= 15 is 0 Å². The van der Waals surface area contributed by atoms with E-state index in [9.17, 15) is 10.1 Å². The second kappa shape index (κ2) is 8.26. The van der Waals surface area contributed by atoms with Crippen molar-refractivity contribution in [2.45, 2.75) is 32.3 Å². The fraction of sp³-hybridized carbons (Fsp3) is 0.429. The number of hydrogen-bond donors (Lipinski definition) is 1. The highest BCUT2D eigenvalue weighted by Crippen LogP contribution is 2.28. The summed E-state index contributed by atoms with van der Waals surface area (Å²) in [5.74, 6) is 0.255. The lowest BCUT2D eigenvalue weighted by atomic mass is 10.2. The summed E-state index contributed by atoms with van der Waals surface area (Å²) in [6, 6.07) is 4.50. The molecule has 0 saturated carbocycles. The van der Waals surface area contributed by atoms with Gasteiger partial charge in [-0.2, -0.15) is 0 Å². The van der Waals surface area contributed by atoms with E-state index in [2.05, 4.69) is 6.58 Å². The summed E-state index contributed by atoms with van der Waals surface area (Å²) >= 11 is 0. The Hall–Kier alpha value is -1.88. The number of nitro groups is 1. The molecule has 0 atom stereocenters. The first-order chi connectivity index (χ1) is 9.19. The first-order valence-electron chi connectivity index (χ1n) is 6.31. The summed E-state index contributed by atoms with van der Waals surface area (Å²) in [6.45, 7) is 3.88. The molecule has 104 valence electrons. The summed E-state index contributed by atoms with van der Waals surface area (Å²) in [7, 11) is 0. The zero-order chi connectivity index (χ0) is 14.1. The Bertz CT molecular complexity index is 431. The number of allylic oxidation sites excluding steroid dienone is 1. The predicted octanol–water partition coefficient (Wildman–Crippen LogP) is 3.21. The summed E-state index contributed by atoms with van der Waals surface area (Å²) in [5.41, 5.74) is 0.405. The van der Waals surface area contributed by atoms with E-state index in [0.717, 1.165) is 25.7 Å². The van der Waals surface area contributed by atoms with E-state index in [1.54, 1.807) is 6.07 Å². The topological polar surface area (TPSA) is 72.6 Å². The van der Waals surface area contributed by atoms with Gasteiger partial charge in [0.2, 0.25) is 0 Å². The van der Waals surface area contributed by atoms with E-state index in [-0.39, 0.29) is 18.0 Å². The van der Waals surface area contributed by atoms with Crippen molar-refractivity contribution >= 4 is 5.69 Å². The number of nitro benzene ring substituents is 1. The smallest absolute Gasteiger partial charge is 0.311 e. The Morgan fingerprint density at radius 2 is 2.16 bits per heavy atom. The van der Waals surface area contributed by atoms with Crippen molar-refractivity contribution in [1.29, 1.82) is 0 Å². The van der Waals surface area contributed by atoms with Crippen LogP contribution in [-0.2, 0) is 6.61 Å². The molecule has 0 radical (unpaired) electrons. The molecule has 0 bridgehead atoms. The number of rotatable bonds is 9. The van der Waals surface area contributed by atoms with Crippen molar-refractivity contribution in [3.8, 4) is 5.75 Å². The number of aliphatic hydroxyl groups excluding tert-OH is 1. The van der Waals surface area contributed by atoms with Crippen molar-refractivity contribution in [1.82, 2.24) is 0 Å². The summed E-state index contributed by atoms with van der Waals surface area (Å²) in [6.07, 6.45) is 5.77. The highest BCUT2D eigenvalue weighted by Gasteiger charge is 2.15. The average molecular weight is 265 g/mol. The molecule has 0 saturated heterocycles. The van der Waals surface area contributed by atoms with Crippen molar-refractivity contribution < 1.29 is 14.8 Å². The fourth-order valence-electron chi connectivity index (χ4n) is 1.68. The van der Waals surface area contributed by atoms with Gasteiger partial charge in [0.1, 0.15) is 0 Å². The molecule has 1 N–H and O–H groups in total. The van der Waals surface area contributed by atoms with Gasteiger partial charge in [-0.05, 0) is 37.3 Å². The van der Waals surface area contributed by atoms with Crippen LogP contribution in [0, 0.1) is 10.1 Å². The number of hydrogen-bond acceptors (Lipinski definition) is 4. The lowest BCUT2D eigenvalue weighted by Gasteiger charge is -2.07. The van der Waals surface area contributed by atoms with Gasteiger partial charge in [0.25, 0.3) is 0 Å². The van der Waals surface area contributed by atoms with Gasteiger partial charge < -0.3 is 9.84 Å². The Morgan fingerprint density at radius 3 is 2.79 bits per heavy atom. The number of aliphatic hydroxyl groups is 1. The van der Waals surface area contributed by atoms with E-state index in [4.69, 9.17) is 9.84 Å². The summed E-state index contributed by atoms with van der Waals surface area (Å²) < 4.78 is 5.43.